The number of hydrogen-bond acceptors (Lipinski definition) is 4. The van der Waals surface area contributed by atoms with Crippen LogP contribution in [-0.2, 0) is 19.0 Å². The predicted molar refractivity (Wildman–Crippen MR) is 57.6 cm³/mol. The van der Waals surface area contributed by atoms with Gasteiger partial charge in [-0.1, -0.05) is 12.2 Å². The van der Waals surface area contributed by atoms with Crippen molar-refractivity contribution in [3.05, 3.63) is 25.3 Å². The van der Waals surface area contributed by atoms with Gasteiger partial charge in [-0.2, -0.15) is 0 Å². The van der Waals surface area contributed by atoms with Crippen LogP contribution in [0.1, 0.15) is 6.92 Å². The molecule has 0 N–H and O–H groups in total. The Balaban J connectivity index is 3.77. The first-order valence-corrected chi connectivity index (χ1v) is 4.75. The summed E-state index contributed by atoms with van der Waals surface area (Å²) in [6.07, 6.45) is 2.90. The SMILES string of the molecule is C=CCOCC(COCC=C)OC(C)=O. The molecule has 0 aromatic heterocycles. The van der Waals surface area contributed by atoms with Crippen molar-refractivity contribution >= 4 is 5.97 Å². The number of esters is 1. The summed E-state index contributed by atoms with van der Waals surface area (Å²) in [6.45, 7) is 9.86. The highest BCUT2D eigenvalue weighted by molar-refractivity contribution is 5.66. The lowest BCUT2D eigenvalue weighted by Gasteiger charge is -2.16. The summed E-state index contributed by atoms with van der Waals surface area (Å²) in [6, 6.07) is 0. The molecule has 0 aliphatic carbocycles. The fourth-order valence-corrected chi connectivity index (χ4v) is 0.917. The quantitative estimate of drug-likeness (QED) is 0.330. The molecule has 0 aromatic carbocycles. The van der Waals surface area contributed by atoms with Gasteiger partial charge < -0.3 is 14.2 Å². The molecule has 0 unspecified atom stereocenters. The molecule has 0 spiro atoms. The Morgan fingerprint density at radius 1 is 1.20 bits per heavy atom. The van der Waals surface area contributed by atoms with E-state index in [1.165, 1.54) is 6.92 Å². The van der Waals surface area contributed by atoms with Gasteiger partial charge in [0.1, 0.15) is 6.10 Å². The van der Waals surface area contributed by atoms with Crippen molar-refractivity contribution in [3.8, 4) is 0 Å². The Morgan fingerprint density at radius 3 is 2.00 bits per heavy atom. The van der Waals surface area contributed by atoms with Crippen LogP contribution < -0.4 is 0 Å². The number of carbonyl (C=O) groups excluding carboxylic acids is 1. The van der Waals surface area contributed by atoms with Crippen LogP contribution in [0.25, 0.3) is 0 Å². The molecule has 0 atom stereocenters. The Morgan fingerprint density at radius 2 is 1.67 bits per heavy atom. The molecular weight excluding hydrogens is 196 g/mol. The number of carbonyl (C=O) groups is 1. The van der Waals surface area contributed by atoms with Gasteiger partial charge in [-0.05, 0) is 0 Å². The third-order valence-electron chi connectivity index (χ3n) is 1.41. The smallest absolute Gasteiger partial charge is 0.303 e. The lowest BCUT2D eigenvalue weighted by atomic mass is 10.4. The average Bonchev–Trinajstić information content (AvgIpc) is 2.17. The topological polar surface area (TPSA) is 44.8 Å². The number of hydrogen-bond donors (Lipinski definition) is 0. The molecule has 0 amide bonds. The van der Waals surface area contributed by atoms with E-state index in [1.54, 1.807) is 12.2 Å². The molecule has 0 radical (unpaired) electrons. The van der Waals surface area contributed by atoms with Crippen LogP contribution in [0.15, 0.2) is 25.3 Å². The summed E-state index contributed by atoms with van der Waals surface area (Å²) in [5, 5.41) is 0. The van der Waals surface area contributed by atoms with Gasteiger partial charge in [-0.25, -0.2) is 0 Å². The highest BCUT2D eigenvalue weighted by Crippen LogP contribution is 1.96. The highest BCUT2D eigenvalue weighted by Gasteiger charge is 2.11. The largest absolute Gasteiger partial charge is 0.458 e. The molecule has 0 aromatic rings. The minimum absolute atomic E-state index is 0.308. The van der Waals surface area contributed by atoms with Crippen molar-refractivity contribution in [3.63, 3.8) is 0 Å². The van der Waals surface area contributed by atoms with E-state index in [2.05, 4.69) is 13.2 Å². The van der Waals surface area contributed by atoms with Crippen LogP contribution in [0.4, 0.5) is 0 Å². The molecule has 0 saturated carbocycles. The maximum atomic E-state index is 10.7. The van der Waals surface area contributed by atoms with Crippen LogP contribution >= 0.6 is 0 Å². The Kier molecular flexibility index (Phi) is 8.72. The van der Waals surface area contributed by atoms with E-state index in [1.807, 2.05) is 0 Å². The summed E-state index contributed by atoms with van der Waals surface area (Å²) < 4.78 is 15.3. The lowest BCUT2D eigenvalue weighted by molar-refractivity contribution is -0.152. The van der Waals surface area contributed by atoms with E-state index in [-0.39, 0.29) is 12.1 Å². The molecule has 0 aliphatic heterocycles. The average molecular weight is 214 g/mol. The van der Waals surface area contributed by atoms with Crippen molar-refractivity contribution in [1.29, 1.82) is 0 Å². The molecule has 0 fully saturated rings. The van der Waals surface area contributed by atoms with Crippen LogP contribution in [-0.4, -0.2) is 38.5 Å². The molecular formula is C11H18O4. The zero-order chi connectivity index (χ0) is 11.5. The number of ether oxygens (including phenoxy) is 3. The summed E-state index contributed by atoms with van der Waals surface area (Å²) in [4.78, 5) is 10.7. The van der Waals surface area contributed by atoms with E-state index in [0.29, 0.717) is 26.4 Å². The third kappa shape index (κ3) is 9.18. The molecule has 0 heterocycles. The first-order valence-electron chi connectivity index (χ1n) is 4.75. The zero-order valence-corrected chi connectivity index (χ0v) is 9.11. The fourth-order valence-electron chi connectivity index (χ4n) is 0.917. The molecule has 4 heteroatoms. The Hall–Kier alpha value is -1.13. The van der Waals surface area contributed by atoms with Crippen molar-refractivity contribution in [2.75, 3.05) is 26.4 Å². The minimum Gasteiger partial charge on any atom is -0.458 e. The second kappa shape index (κ2) is 9.43. The lowest BCUT2D eigenvalue weighted by Crippen LogP contribution is -2.27. The van der Waals surface area contributed by atoms with Crippen LogP contribution in [0.3, 0.4) is 0 Å². The van der Waals surface area contributed by atoms with Gasteiger partial charge in [0.2, 0.25) is 0 Å². The van der Waals surface area contributed by atoms with Gasteiger partial charge in [0.25, 0.3) is 0 Å². The third-order valence-corrected chi connectivity index (χ3v) is 1.41. The summed E-state index contributed by atoms with van der Waals surface area (Å²) in [5.41, 5.74) is 0. The van der Waals surface area contributed by atoms with E-state index >= 15 is 0 Å². The van der Waals surface area contributed by atoms with E-state index in [0.717, 1.165) is 0 Å². The first-order chi connectivity index (χ1) is 7.20. The van der Waals surface area contributed by atoms with Crippen molar-refractivity contribution in [2.45, 2.75) is 13.0 Å². The van der Waals surface area contributed by atoms with Crippen LogP contribution in [0, 0.1) is 0 Å². The summed E-state index contributed by atoms with van der Waals surface area (Å²) >= 11 is 0. The molecule has 4 nitrogen and oxygen atoms in total. The standard InChI is InChI=1S/C11H18O4/c1-4-6-13-8-11(15-10(3)12)9-14-7-5-2/h4-5,11H,1-2,6-9H2,3H3. The molecule has 0 rings (SSSR count). The molecule has 0 saturated heterocycles. The summed E-state index contributed by atoms with van der Waals surface area (Å²) in [5.74, 6) is -0.343. The zero-order valence-electron chi connectivity index (χ0n) is 9.11. The predicted octanol–water partition coefficient (Wildman–Crippen LogP) is 1.32. The Labute approximate surface area is 90.5 Å². The van der Waals surface area contributed by atoms with E-state index in [4.69, 9.17) is 14.2 Å². The van der Waals surface area contributed by atoms with Crippen molar-refractivity contribution < 1.29 is 19.0 Å². The fraction of sp³-hybridized carbons (Fsp3) is 0.545. The minimum atomic E-state index is -0.373. The van der Waals surface area contributed by atoms with Gasteiger partial charge in [0.15, 0.2) is 0 Å². The molecule has 15 heavy (non-hydrogen) atoms. The van der Waals surface area contributed by atoms with Crippen molar-refractivity contribution in [2.24, 2.45) is 0 Å². The second-order valence-corrected chi connectivity index (χ2v) is 2.88. The van der Waals surface area contributed by atoms with Crippen LogP contribution in [0.5, 0.6) is 0 Å². The Bertz CT molecular complexity index is 187. The van der Waals surface area contributed by atoms with E-state index in [9.17, 15) is 4.79 Å². The maximum Gasteiger partial charge on any atom is 0.303 e. The van der Waals surface area contributed by atoms with Gasteiger partial charge in [0, 0.05) is 6.92 Å². The highest BCUT2D eigenvalue weighted by atomic mass is 16.6. The normalized spacial score (nSPS) is 10.0. The summed E-state index contributed by atoms with van der Waals surface area (Å²) in [7, 11) is 0. The molecule has 0 aliphatic rings. The van der Waals surface area contributed by atoms with Crippen molar-refractivity contribution in [1.82, 2.24) is 0 Å². The van der Waals surface area contributed by atoms with Crippen LogP contribution in [0.2, 0.25) is 0 Å². The molecule has 86 valence electrons. The van der Waals surface area contributed by atoms with Gasteiger partial charge in [0.05, 0.1) is 26.4 Å². The maximum absolute atomic E-state index is 10.7. The monoisotopic (exact) mass is 214 g/mol. The second-order valence-electron chi connectivity index (χ2n) is 2.88. The van der Waals surface area contributed by atoms with Gasteiger partial charge >= 0.3 is 5.97 Å². The number of rotatable bonds is 9. The van der Waals surface area contributed by atoms with E-state index < -0.39 is 0 Å². The molecule has 0 bridgehead atoms. The van der Waals surface area contributed by atoms with Gasteiger partial charge in [-0.15, -0.1) is 13.2 Å². The van der Waals surface area contributed by atoms with Gasteiger partial charge in [-0.3, -0.25) is 4.79 Å². The first kappa shape index (κ1) is 13.9.